The molecule has 0 fully saturated rings. The van der Waals surface area contributed by atoms with Gasteiger partial charge in [0.1, 0.15) is 0 Å². The quantitative estimate of drug-likeness (QED) is 0.254. The van der Waals surface area contributed by atoms with Crippen molar-refractivity contribution in [1.29, 1.82) is 0 Å². The molecule has 6 rings (SSSR count). The van der Waals surface area contributed by atoms with E-state index in [2.05, 4.69) is 148 Å². The molecule has 0 amide bonds. The van der Waals surface area contributed by atoms with Gasteiger partial charge in [0.2, 0.25) is 0 Å². The summed E-state index contributed by atoms with van der Waals surface area (Å²) in [7, 11) is 0. The molecule has 3 heteroatoms. The zero-order chi connectivity index (χ0) is 26.7. The van der Waals surface area contributed by atoms with Crippen LogP contribution in [0.4, 0.5) is 0 Å². The van der Waals surface area contributed by atoms with Gasteiger partial charge < -0.3 is 24.8 Å². The van der Waals surface area contributed by atoms with Gasteiger partial charge in [0.15, 0.2) is 0 Å². The zero-order valence-corrected chi connectivity index (χ0v) is 27.5. The number of halogens is 2. The van der Waals surface area contributed by atoms with E-state index in [0.717, 1.165) is 6.42 Å². The summed E-state index contributed by atoms with van der Waals surface area (Å²) >= 11 is 1.46. The van der Waals surface area contributed by atoms with E-state index in [-0.39, 0.29) is 24.8 Å². The molecule has 0 radical (unpaired) electrons. The number of benzene rings is 4. The minimum absolute atomic E-state index is 0. The Kier molecular flexibility index (Phi) is 14.7. The van der Waals surface area contributed by atoms with Crippen molar-refractivity contribution >= 4 is 24.8 Å². The summed E-state index contributed by atoms with van der Waals surface area (Å²) in [6.45, 7) is 6.66. The molecule has 1 aliphatic rings. The molecule has 204 valence electrons. The maximum atomic E-state index is 3.52. The molecular formula is C37H36Cl2Zr-2. The van der Waals surface area contributed by atoms with Gasteiger partial charge in [-0.25, -0.2) is 5.57 Å². The van der Waals surface area contributed by atoms with Crippen molar-refractivity contribution in [2.75, 3.05) is 0 Å². The van der Waals surface area contributed by atoms with E-state index in [4.69, 9.17) is 0 Å². The molecule has 5 aromatic carbocycles. The van der Waals surface area contributed by atoms with E-state index in [1.165, 1.54) is 84.1 Å². The fraction of sp³-hybridized carbons (Fsp3) is 0.189. The zero-order valence-electron chi connectivity index (χ0n) is 23.5. The third-order valence-electron chi connectivity index (χ3n) is 6.97. The Labute approximate surface area is 267 Å². The molecule has 1 aliphatic carbocycles. The number of hydrogen-bond acceptors (Lipinski definition) is 0. The molecule has 40 heavy (non-hydrogen) atoms. The van der Waals surface area contributed by atoms with Crippen molar-refractivity contribution in [2.24, 2.45) is 5.92 Å². The van der Waals surface area contributed by atoms with Gasteiger partial charge >= 0.3 is 99.2 Å². The summed E-state index contributed by atoms with van der Waals surface area (Å²) in [5, 5.41) is 5.39. The topological polar surface area (TPSA) is 0 Å². The van der Waals surface area contributed by atoms with Gasteiger partial charge in [-0.3, -0.25) is 6.08 Å². The van der Waals surface area contributed by atoms with Crippen molar-refractivity contribution in [3.05, 3.63) is 150 Å². The summed E-state index contributed by atoms with van der Waals surface area (Å²) in [5.74, 6) is 0.611. The summed E-state index contributed by atoms with van der Waals surface area (Å²) < 4.78 is 1.42. The maximum Gasteiger partial charge on any atom is -0.0771 e. The second-order valence-electron chi connectivity index (χ2n) is 9.46. The molecule has 5 aromatic rings. The van der Waals surface area contributed by atoms with Gasteiger partial charge in [-0.15, -0.1) is 39.7 Å². The van der Waals surface area contributed by atoms with Gasteiger partial charge in [-0.05, 0) is 0 Å². The Morgan fingerprint density at radius 2 is 1.10 bits per heavy atom. The first-order valence-electron chi connectivity index (χ1n) is 13.7. The van der Waals surface area contributed by atoms with Crippen molar-refractivity contribution in [1.82, 2.24) is 0 Å². The van der Waals surface area contributed by atoms with Crippen LogP contribution in [-0.4, -0.2) is 3.21 Å². The molecule has 0 aromatic heterocycles. The van der Waals surface area contributed by atoms with Gasteiger partial charge in [0, 0.05) is 0 Å². The van der Waals surface area contributed by atoms with Gasteiger partial charge in [0.25, 0.3) is 0 Å². The van der Waals surface area contributed by atoms with Gasteiger partial charge in [-0.2, -0.15) is 11.6 Å². The molecule has 0 nitrogen and oxygen atoms in total. The molecule has 0 spiro atoms. The van der Waals surface area contributed by atoms with Crippen LogP contribution < -0.4 is 24.8 Å². The van der Waals surface area contributed by atoms with Crippen LogP contribution in [0.3, 0.4) is 0 Å². The maximum absolute atomic E-state index is 3.52. The van der Waals surface area contributed by atoms with Crippen molar-refractivity contribution < 1.29 is 49.0 Å². The van der Waals surface area contributed by atoms with Crippen molar-refractivity contribution in [3.8, 4) is 0 Å². The number of fused-ring (bicyclic) bond motifs is 3. The standard InChI is InChI=1S/C13H9.C13H10.C11H17.2ClH.Zr/c1-3-7-12-10(5-1)9-11-6-2-4-8-13(11)12;1-3-7-12(8-4-1)11-13-9-5-2-6-10-13;1-4-9-7-10(5-2)11(6-3)8-9;;;/h1-9H;1-10H;7,9H,4-6H2,1-3H3;2*1H;/q-1;;-1;;;+2/p-2. The van der Waals surface area contributed by atoms with Crippen LogP contribution in [0.2, 0.25) is 0 Å². The number of allylic oxidation sites excluding steroid dienone is 4. The molecule has 1 atom stereocenters. The summed E-state index contributed by atoms with van der Waals surface area (Å²) in [4.78, 5) is 0. The molecule has 1 unspecified atom stereocenters. The SMILES string of the molecule is CCC1=[C-]C(CC)C=C1CC.[Cl-].[Cl-].[Zr+2]=[C](c1ccccc1)c1ccccc1.c1ccc2c(c1)[cH-]c1ccccc12. The average Bonchev–Trinajstić information content (AvgIpc) is 3.59. The van der Waals surface area contributed by atoms with Crippen LogP contribution in [-0.2, 0) is 24.2 Å². The van der Waals surface area contributed by atoms with Crippen LogP contribution in [0.15, 0.2) is 132 Å². The smallest absolute Gasteiger partial charge is 0.0771 e. The van der Waals surface area contributed by atoms with Crippen LogP contribution in [0.5, 0.6) is 0 Å². The third-order valence-corrected chi connectivity index (χ3v) is 8.39. The summed E-state index contributed by atoms with van der Waals surface area (Å²) in [6.07, 6.45) is 9.41. The second kappa shape index (κ2) is 17.4. The van der Waals surface area contributed by atoms with Crippen LogP contribution in [0, 0.1) is 12.0 Å². The largest absolute Gasteiger partial charge is 0.126 e. The first kappa shape index (κ1) is 33.8. The predicted molar refractivity (Wildman–Crippen MR) is 162 cm³/mol. The van der Waals surface area contributed by atoms with Crippen molar-refractivity contribution in [3.63, 3.8) is 0 Å². The normalized spacial score (nSPS) is 13.5. The van der Waals surface area contributed by atoms with E-state index >= 15 is 0 Å². The minimum Gasteiger partial charge on any atom is -0.126 e. The average molecular weight is 643 g/mol. The summed E-state index contributed by atoms with van der Waals surface area (Å²) in [5.41, 5.74) is 5.65. The van der Waals surface area contributed by atoms with Gasteiger partial charge in [0.05, 0.1) is 0 Å². The minimum atomic E-state index is 0. The molecule has 0 aliphatic heterocycles. The Balaban J connectivity index is 0.000000207. The molecule has 0 N–H and O–H groups in total. The van der Waals surface area contributed by atoms with Crippen LogP contribution in [0.1, 0.15) is 51.2 Å². The third kappa shape index (κ3) is 8.78. The predicted octanol–water partition coefficient (Wildman–Crippen LogP) is 4.02. The molecule has 0 bridgehead atoms. The fourth-order valence-corrected chi connectivity index (χ4v) is 5.68. The second-order valence-corrected chi connectivity index (χ2v) is 10.7. The Bertz CT molecular complexity index is 1420. The first-order valence-corrected chi connectivity index (χ1v) is 14.9. The Morgan fingerprint density at radius 3 is 1.50 bits per heavy atom. The molecule has 0 saturated heterocycles. The van der Waals surface area contributed by atoms with E-state index in [1.54, 1.807) is 0 Å². The summed E-state index contributed by atoms with van der Waals surface area (Å²) in [6, 6.07) is 40.4. The van der Waals surface area contributed by atoms with E-state index < -0.39 is 0 Å². The Morgan fingerprint density at radius 1 is 0.650 bits per heavy atom. The van der Waals surface area contributed by atoms with Crippen LogP contribution >= 0.6 is 0 Å². The first-order chi connectivity index (χ1) is 18.6. The van der Waals surface area contributed by atoms with Gasteiger partial charge in [-0.1, -0.05) is 82.3 Å². The molecule has 0 heterocycles. The van der Waals surface area contributed by atoms with E-state index in [0.29, 0.717) is 5.92 Å². The number of rotatable bonds is 5. The number of hydrogen-bond donors (Lipinski definition) is 0. The van der Waals surface area contributed by atoms with E-state index in [1.807, 2.05) is 0 Å². The monoisotopic (exact) mass is 640 g/mol. The molecule has 0 saturated carbocycles. The molecular weight excluding hydrogens is 607 g/mol. The fourth-order valence-electron chi connectivity index (χ4n) is 4.86. The Hall–Kier alpha value is -2.44. The van der Waals surface area contributed by atoms with E-state index in [9.17, 15) is 0 Å². The van der Waals surface area contributed by atoms with Crippen LogP contribution in [0.25, 0.3) is 21.5 Å². The van der Waals surface area contributed by atoms with Crippen molar-refractivity contribution in [2.45, 2.75) is 40.0 Å².